The molecule has 0 radical (unpaired) electrons. The molecule has 1 aliphatic heterocycles. The highest BCUT2D eigenvalue weighted by molar-refractivity contribution is 7.98. The number of rotatable bonds is 11. The monoisotopic (exact) mass is 515 g/mol. The maximum atomic E-state index is 13.2. The van der Waals surface area contributed by atoms with Crippen molar-refractivity contribution in [2.24, 2.45) is 9.98 Å². The quantitative estimate of drug-likeness (QED) is 0.269. The second-order valence-corrected chi connectivity index (χ2v) is 10.1. The topological polar surface area (TPSA) is 117 Å². The van der Waals surface area contributed by atoms with Crippen LogP contribution in [0.4, 0.5) is 5.69 Å². The Bertz CT molecular complexity index is 1120. The Morgan fingerprint density at radius 2 is 2.09 bits per heavy atom. The predicted octanol–water partition coefficient (Wildman–Crippen LogP) is 3.44. The number of carbonyl (C=O) groups is 2. The Labute approximate surface area is 212 Å². The largest absolute Gasteiger partial charge is 0.467 e. The van der Waals surface area contributed by atoms with Gasteiger partial charge in [0.15, 0.2) is 11.1 Å². The van der Waals surface area contributed by atoms with Crippen LogP contribution in [0.1, 0.15) is 34.3 Å². The molecule has 0 aliphatic carbocycles. The molecule has 0 saturated carbocycles. The second kappa shape index (κ2) is 13.3. The average Bonchev–Trinajstić information content (AvgIpc) is 3.34. The molecule has 3 rings (SSSR count). The summed E-state index contributed by atoms with van der Waals surface area (Å²) in [5, 5.41) is 2.28. The second-order valence-electron chi connectivity index (χ2n) is 7.95. The summed E-state index contributed by atoms with van der Waals surface area (Å²) in [5.74, 6) is -0.140. The molecule has 1 amide bonds. The third-order valence-electron chi connectivity index (χ3n) is 5.58. The minimum Gasteiger partial charge on any atom is -0.467 e. The number of nitrogens with one attached hydrogen (secondary N) is 1. The molecular formula is C25H29N3O5S2. The van der Waals surface area contributed by atoms with Crippen molar-refractivity contribution in [2.75, 3.05) is 25.7 Å². The van der Waals surface area contributed by atoms with Crippen LogP contribution >= 0.6 is 11.8 Å². The number of esters is 1. The minimum absolute atomic E-state index is 0.362. The van der Waals surface area contributed by atoms with Crippen LogP contribution in [0.25, 0.3) is 0 Å². The summed E-state index contributed by atoms with van der Waals surface area (Å²) in [6.45, 7) is 0.495. The lowest BCUT2D eigenvalue weighted by atomic mass is 9.98. The number of benzene rings is 2. The zero-order valence-corrected chi connectivity index (χ0v) is 21.3. The molecular weight excluding hydrogens is 486 g/mol. The molecule has 0 fully saturated rings. The van der Waals surface area contributed by atoms with E-state index in [0.29, 0.717) is 48.5 Å². The van der Waals surface area contributed by atoms with Crippen LogP contribution in [0, 0.1) is 0 Å². The lowest BCUT2D eigenvalue weighted by Crippen LogP contribution is -2.42. The fraction of sp³-hybridized carbons (Fsp3) is 0.360. The molecule has 1 aliphatic rings. The van der Waals surface area contributed by atoms with Gasteiger partial charge in [-0.1, -0.05) is 30.3 Å². The van der Waals surface area contributed by atoms with E-state index in [0.717, 1.165) is 11.1 Å². The van der Waals surface area contributed by atoms with Crippen molar-refractivity contribution in [2.45, 2.75) is 30.6 Å². The molecule has 8 nitrogen and oxygen atoms in total. The highest BCUT2D eigenvalue weighted by Gasteiger charge is 2.25. The lowest BCUT2D eigenvalue weighted by molar-refractivity contribution is -0.142. The number of amides is 1. The Kier molecular flexibility index (Phi) is 10.2. The number of hydrogen-bond acceptors (Lipinski definition) is 7. The van der Waals surface area contributed by atoms with Gasteiger partial charge in [-0.25, -0.2) is 9.00 Å². The van der Waals surface area contributed by atoms with Gasteiger partial charge >= 0.3 is 5.97 Å². The molecule has 35 heavy (non-hydrogen) atoms. The first-order chi connectivity index (χ1) is 16.9. The molecule has 2 aromatic carbocycles. The van der Waals surface area contributed by atoms with Crippen molar-refractivity contribution in [3.63, 3.8) is 0 Å². The summed E-state index contributed by atoms with van der Waals surface area (Å²) < 4.78 is 25.8. The van der Waals surface area contributed by atoms with Crippen LogP contribution in [-0.2, 0) is 27.0 Å². The third kappa shape index (κ3) is 7.58. The van der Waals surface area contributed by atoms with Crippen LogP contribution in [0.5, 0.6) is 0 Å². The van der Waals surface area contributed by atoms with E-state index in [1.165, 1.54) is 13.3 Å². The van der Waals surface area contributed by atoms with E-state index in [1.807, 2.05) is 42.7 Å². The van der Waals surface area contributed by atoms with Crippen molar-refractivity contribution < 1.29 is 23.1 Å². The SMILES string of the molecule is COC(=O)[C@H](CCSC)NC(=O)c1ccc(N=CC2=NCCC2S(=O)O)cc1Cc1ccccc1. The van der Waals surface area contributed by atoms with Crippen molar-refractivity contribution in [1.82, 2.24) is 5.32 Å². The molecule has 2 N–H and O–H groups in total. The van der Waals surface area contributed by atoms with Gasteiger partial charge in [0.1, 0.15) is 11.3 Å². The molecule has 0 bridgehead atoms. The summed E-state index contributed by atoms with van der Waals surface area (Å²) in [4.78, 5) is 34.1. The highest BCUT2D eigenvalue weighted by atomic mass is 32.2. The maximum Gasteiger partial charge on any atom is 0.328 e. The van der Waals surface area contributed by atoms with Crippen molar-refractivity contribution >= 4 is 52.3 Å². The number of carbonyl (C=O) groups excluding carboxylic acids is 2. The summed E-state index contributed by atoms with van der Waals surface area (Å²) >= 11 is -0.411. The standard InChI is InChI=1S/C25H29N3O5S2/c1-33-25(30)21(11-13-34-2)28-24(29)20-9-8-19(15-18(20)14-17-6-4-3-5-7-17)27-16-22-23(35(31)32)10-12-26-22/h3-9,15-16,21,23H,10-14H2,1-2H3,(H,28,29)(H,31,32)/t21-,23?/m0/s1. The molecule has 2 aromatic rings. The first-order valence-electron chi connectivity index (χ1n) is 11.2. The van der Waals surface area contributed by atoms with Gasteiger partial charge in [0, 0.05) is 18.3 Å². The zero-order chi connectivity index (χ0) is 25.2. The van der Waals surface area contributed by atoms with Crippen LogP contribution < -0.4 is 5.32 Å². The number of ether oxygens (including phenoxy) is 1. The van der Waals surface area contributed by atoms with Gasteiger partial charge in [-0.15, -0.1) is 0 Å². The van der Waals surface area contributed by atoms with Gasteiger partial charge in [-0.05, 0) is 60.6 Å². The van der Waals surface area contributed by atoms with E-state index in [4.69, 9.17) is 4.74 Å². The fourth-order valence-electron chi connectivity index (χ4n) is 3.74. The normalized spacial score (nSPS) is 17.1. The van der Waals surface area contributed by atoms with E-state index in [2.05, 4.69) is 15.3 Å². The van der Waals surface area contributed by atoms with Gasteiger partial charge in [0.05, 0.1) is 18.5 Å². The van der Waals surface area contributed by atoms with Crippen molar-refractivity contribution in [1.29, 1.82) is 0 Å². The Morgan fingerprint density at radius 1 is 1.31 bits per heavy atom. The van der Waals surface area contributed by atoms with Crippen LogP contribution in [0.2, 0.25) is 0 Å². The van der Waals surface area contributed by atoms with E-state index in [9.17, 15) is 18.4 Å². The molecule has 0 spiro atoms. The average molecular weight is 516 g/mol. The first-order valence-corrected chi connectivity index (χ1v) is 13.7. The number of hydrogen-bond donors (Lipinski definition) is 2. The fourth-order valence-corrected chi connectivity index (χ4v) is 4.86. The molecule has 2 unspecified atom stereocenters. The van der Waals surface area contributed by atoms with Gasteiger partial charge in [0.2, 0.25) is 0 Å². The van der Waals surface area contributed by atoms with E-state index in [1.54, 1.807) is 23.9 Å². The van der Waals surface area contributed by atoms with Gasteiger partial charge in [0.25, 0.3) is 5.91 Å². The minimum atomic E-state index is -2.00. The Hall–Kier alpha value is -2.82. The maximum absolute atomic E-state index is 13.2. The van der Waals surface area contributed by atoms with E-state index in [-0.39, 0.29) is 5.91 Å². The molecule has 186 valence electrons. The zero-order valence-electron chi connectivity index (χ0n) is 19.7. The van der Waals surface area contributed by atoms with Crippen LogP contribution in [-0.4, -0.2) is 69.5 Å². The number of nitrogens with zero attached hydrogens (tertiary/aromatic N) is 2. The van der Waals surface area contributed by atoms with Gasteiger partial charge < -0.3 is 14.6 Å². The lowest BCUT2D eigenvalue weighted by Gasteiger charge is -2.18. The highest BCUT2D eigenvalue weighted by Crippen LogP contribution is 2.22. The smallest absolute Gasteiger partial charge is 0.328 e. The number of thioether (sulfide) groups is 1. The van der Waals surface area contributed by atoms with Gasteiger partial charge in [-0.3, -0.25) is 14.8 Å². The first kappa shape index (κ1) is 26.8. The number of aliphatic imine (C=N–C) groups is 2. The van der Waals surface area contributed by atoms with E-state index >= 15 is 0 Å². The summed E-state index contributed by atoms with van der Waals surface area (Å²) in [6, 6.07) is 14.2. The van der Waals surface area contributed by atoms with Crippen molar-refractivity contribution in [3.8, 4) is 0 Å². The number of methoxy groups -OCH3 is 1. The van der Waals surface area contributed by atoms with E-state index < -0.39 is 28.3 Å². The molecule has 0 saturated heterocycles. The van der Waals surface area contributed by atoms with Gasteiger partial charge in [-0.2, -0.15) is 11.8 Å². The molecule has 3 atom stereocenters. The Morgan fingerprint density at radius 3 is 2.77 bits per heavy atom. The predicted molar refractivity (Wildman–Crippen MR) is 142 cm³/mol. The summed E-state index contributed by atoms with van der Waals surface area (Å²) in [7, 11) is 1.31. The Balaban J connectivity index is 1.88. The molecule has 0 aromatic heterocycles. The molecule has 1 heterocycles. The van der Waals surface area contributed by atoms with Crippen LogP contribution in [0.15, 0.2) is 58.5 Å². The van der Waals surface area contributed by atoms with Crippen molar-refractivity contribution in [3.05, 3.63) is 65.2 Å². The third-order valence-corrected chi connectivity index (χ3v) is 7.19. The molecule has 10 heteroatoms. The van der Waals surface area contributed by atoms with Crippen LogP contribution in [0.3, 0.4) is 0 Å². The summed E-state index contributed by atoms with van der Waals surface area (Å²) in [5.41, 5.74) is 3.29. The summed E-state index contributed by atoms with van der Waals surface area (Å²) in [6.07, 6.45) is 4.92.